The van der Waals surface area contributed by atoms with Gasteiger partial charge < -0.3 is 0 Å². The number of rotatable bonds is 9. The SMILES string of the molecule is CCCCN(CCCC)SCCS. The molecule has 0 amide bonds. The third-order valence-electron chi connectivity index (χ3n) is 1.89. The Kier molecular flexibility index (Phi) is 11.3. The second kappa shape index (κ2) is 10.7. The molecule has 0 atom stereocenters. The highest BCUT2D eigenvalue weighted by Gasteiger charge is 2.02. The third-order valence-corrected chi connectivity index (χ3v) is 3.53. The van der Waals surface area contributed by atoms with Crippen molar-refractivity contribution in [3.63, 3.8) is 0 Å². The van der Waals surface area contributed by atoms with E-state index in [0.29, 0.717) is 0 Å². The third kappa shape index (κ3) is 8.98. The Labute approximate surface area is 93.2 Å². The van der Waals surface area contributed by atoms with Gasteiger partial charge >= 0.3 is 0 Å². The number of thiol groups is 1. The molecule has 0 radical (unpaired) electrons. The van der Waals surface area contributed by atoms with Gasteiger partial charge in [-0.1, -0.05) is 38.6 Å². The van der Waals surface area contributed by atoms with Gasteiger partial charge in [-0.3, -0.25) is 4.31 Å². The Hall–Kier alpha value is 0.660. The van der Waals surface area contributed by atoms with Crippen molar-refractivity contribution in [1.82, 2.24) is 4.31 Å². The Morgan fingerprint density at radius 2 is 1.62 bits per heavy atom. The van der Waals surface area contributed by atoms with Gasteiger partial charge in [0.05, 0.1) is 0 Å². The minimum absolute atomic E-state index is 0.986. The minimum atomic E-state index is 0.986. The number of hydrogen-bond donors (Lipinski definition) is 1. The van der Waals surface area contributed by atoms with E-state index in [0.717, 1.165) is 11.5 Å². The van der Waals surface area contributed by atoms with Crippen LogP contribution in [0.1, 0.15) is 39.5 Å². The van der Waals surface area contributed by atoms with E-state index in [-0.39, 0.29) is 0 Å². The van der Waals surface area contributed by atoms with Gasteiger partial charge in [-0.05, 0) is 12.8 Å². The topological polar surface area (TPSA) is 3.24 Å². The van der Waals surface area contributed by atoms with Crippen LogP contribution in [0.5, 0.6) is 0 Å². The lowest BCUT2D eigenvalue weighted by molar-refractivity contribution is 0.444. The largest absolute Gasteiger partial charge is 0.251 e. The van der Waals surface area contributed by atoms with Crippen LogP contribution in [0.15, 0.2) is 0 Å². The molecule has 1 nitrogen and oxygen atoms in total. The van der Waals surface area contributed by atoms with Crippen LogP contribution in [-0.4, -0.2) is 28.9 Å². The van der Waals surface area contributed by atoms with Crippen molar-refractivity contribution in [3.05, 3.63) is 0 Å². The van der Waals surface area contributed by atoms with Gasteiger partial charge in [-0.15, -0.1) is 0 Å². The monoisotopic (exact) mass is 221 g/mol. The van der Waals surface area contributed by atoms with E-state index in [9.17, 15) is 0 Å². The normalized spacial score (nSPS) is 11.1. The summed E-state index contributed by atoms with van der Waals surface area (Å²) in [4.78, 5) is 0. The van der Waals surface area contributed by atoms with Crippen molar-refractivity contribution in [1.29, 1.82) is 0 Å². The van der Waals surface area contributed by atoms with Crippen LogP contribution < -0.4 is 0 Å². The van der Waals surface area contributed by atoms with Crippen LogP contribution in [0.25, 0.3) is 0 Å². The van der Waals surface area contributed by atoms with E-state index in [1.54, 1.807) is 0 Å². The molecule has 80 valence electrons. The standard InChI is InChI=1S/C10H23NS2/c1-3-5-7-11(8-6-4-2)13-10-9-12/h12H,3-10H2,1-2H3. The summed E-state index contributed by atoms with van der Waals surface area (Å²) in [5.74, 6) is 2.13. The van der Waals surface area contributed by atoms with Gasteiger partial charge in [0.15, 0.2) is 0 Å². The first-order valence-corrected chi connectivity index (χ1v) is 6.91. The van der Waals surface area contributed by atoms with Gasteiger partial charge in [-0.2, -0.15) is 12.6 Å². The fourth-order valence-corrected chi connectivity index (χ4v) is 2.18. The van der Waals surface area contributed by atoms with Gasteiger partial charge in [0.1, 0.15) is 0 Å². The van der Waals surface area contributed by atoms with Crippen molar-refractivity contribution in [3.8, 4) is 0 Å². The van der Waals surface area contributed by atoms with Crippen LogP contribution in [0.3, 0.4) is 0 Å². The molecule has 0 aliphatic carbocycles. The van der Waals surface area contributed by atoms with E-state index >= 15 is 0 Å². The molecular formula is C10H23NS2. The predicted molar refractivity (Wildman–Crippen MR) is 67.7 cm³/mol. The summed E-state index contributed by atoms with van der Waals surface area (Å²) < 4.78 is 2.50. The maximum Gasteiger partial charge on any atom is 0.0169 e. The highest BCUT2D eigenvalue weighted by molar-refractivity contribution is 7.97. The summed E-state index contributed by atoms with van der Waals surface area (Å²) in [6.07, 6.45) is 5.24. The molecule has 3 heteroatoms. The lowest BCUT2D eigenvalue weighted by Crippen LogP contribution is -2.19. The number of hydrogen-bond acceptors (Lipinski definition) is 3. The summed E-state index contributed by atoms with van der Waals surface area (Å²) >= 11 is 6.19. The highest BCUT2D eigenvalue weighted by Crippen LogP contribution is 2.12. The zero-order chi connectivity index (χ0) is 9.94. The molecule has 13 heavy (non-hydrogen) atoms. The molecule has 0 aromatic carbocycles. The fraction of sp³-hybridized carbons (Fsp3) is 1.00. The van der Waals surface area contributed by atoms with E-state index in [2.05, 4.69) is 30.8 Å². The van der Waals surface area contributed by atoms with E-state index in [4.69, 9.17) is 0 Å². The number of nitrogens with zero attached hydrogens (tertiary/aromatic N) is 1. The first kappa shape index (κ1) is 13.7. The molecule has 0 heterocycles. The smallest absolute Gasteiger partial charge is 0.0169 e. The van der Waals surface area contributed by atoms with Crippen LogP contribution in [-0.2, 0) is 0 Å². The summed E-state index contributed by atoms with van der Waals surface area (Å²) in [6.45, 7) is 6.99. The quantitative estimate of drug-likeness (QED) is 0.469. The first-order chi connectivity index (χ1) is 6.35. The second-order valence-corrected chi connectivity index (χ2v) is 4.82. The molecule has 0 saturated carbocycles. The molecule has 0 spiro atoms. The lowest BCUT2D eigenvalue weighted by Gasteiger charge is -2.19. The molecule has 0 N–H and O–H groups in total. The maximum atomic E-state index is 4.23. The van der Waals surface area contributed by atoms with Crippen LogP contribution in [0.4, 0.5) is 0 Å². The summed E-state index contributed by atoms with van der Waals surface area (Å²) in [5, 5.41) is 0. The van der Waals surface area contributed by atoms with Gasteiger partial charge in [0.25, 0.3) is 0 Å². The molecule has 0 rings (SSSR count). The Morgan fingerprint density at radius 3 is 2.00 bits per heavy atom. The Bertz CT molecular complexity index is 79.9. The van der Waals surface area contributed by atoms with Crippen molar-refractivity contribution >= 4 is 24.6 Å². The number of unbranched alkanes of at least 4 members (excludes halogenated alkanes) is 2. The van der Waals surface area contributed by atoms with Gasteiger partial charge in [0, 0.05) is 24.6 Å². The van der Waals surface area contributed by atoms with E-state index < -0.39 is 0 Å². The molecule has 0 aliphatic heterocycles. The molecular weight excluding hydrogens is 198 g/mol. The summed E-state index contributed by atoms with van der Waals surface area (Å²) in [5.41, 5.74) is 0. The van der Waals surface area contributed by atoms with Crippen molar-refractivity contribution < 1.29 is 0 Å². The van der Waals surface area contributed by atoms with Gasteiger partial charge in [-0.25, -0.2) is 0 Å². The molecule has 0 saturated heterocycles. The van der Waals surface area contributed by atoms with Crippen LogP contribution in [0.2, 0.25) is 0 Å². The van der Waals surface area contributed by atoms with Crippen molar-refractivity contribution in [2.45, 2.75) is 39.5 Å². The van der Waals surface area contributed by atoms with E-state index in [1.807, 2.05) is 11.9 Å². The van der Waals surface area contributed by atoms with E-state index in [1.165, 1.54) is 38.8 Å². The lowest BCUT2D eigenvalue weighted by atomic mass is 10.3. The van der Waals surface area contributed by atoms with Crippen LogP contribution >= 0.6 is 24.6 Å². The minimum Gasteiger partial charge on any atom is -0.251 e. The molecule has 0 aromatic rings. The summed E-state index contributed by atoms with van der Waals surface area (Å²) in [6, 6.07) is 0. The second-order valence-electron chi connectivity index (χ2n) is 3.19. The molecule has 0 bridgehead atoms. The molecule has 0 fully saturated rings. The zero-order valence-electron chi connectivity index (χ0n) is 8.96. The molecule has 0 aliphatic rings. The Morgan fingerprint density at radius 1 is 1.08 bits per heavy atom. The highest BCUT2D eigenvalue weighted by atomic mass is 32.2. The maximum absolute atomic E-state index is 4.23. The zero-order valence-corrected chi connectivity index (χ0v) is 10.7. The Balaban J connectivity index is 3.47. The predicted octanol–water partition coefficient (Wildman–Crippen LogP) is 3.47. The summed E-state index contributed by atoms with van der Waals surface area (Å²) in [7, 11) is 0. The first-order valence-electron chi connectivity index (χ1n) is 5.33. The van der Waals surface area contributed by atoms with Crippen LogP contribution in [0, 0.1) is 0 Å². The van der Waals surface area contributed by atoms with Crippen molar-refractivity contribution in [2.24, 2.45) is 0 Å². The molecule has 0 unspecified atom stereocenters. The average Bonchev–Trinajstić information content (AvgIpc) is 2.17. The van der Waals surface area contributed by atoms with Crippen molar-refractivity contribution in [2.75, 3.05) is 24.6 Å². The fourth-order valence-electron chi connectivity index (χ4n) is 1.08. The van der Waals surface area contributed by atoms with Gasteiger partial charge in [0.2, 0.25) is 0 Å². The molecule has 0 aromatic heterocycles. The average molecular weight is 221 g/mol.